The molecule has 0 aliphatic carbocycles. The molecule has 0 atom stereocenters. The van der Waals surface area contributed by atoms with Crippen LogP contribution < -0.4 is 4.90 Å². The number of piperidine rings is 1. The van der Waals surface area contributed by atoms with Gasteiger partial charge in [-0.2, -0.15) is 0 Å². The first kappa shape index (κ1) is 15.4. The minimum atomic E-state index is -0.885. The number of benzene rings is 1. The summed E-state index contributed by atoms with van der Waals surface area (Å²) in [4.78, 5) is 13.3. The Hall–Kier alpha value is -1.03. The van der Waals surface area contributed by atoms with Crippen LogP contribution in [0.5, 0.6) is 0 Å². The Bertz CT molecular complexity index is 500. The zero-order valence-corrected chi connectivity index (χ0v) is 13.9. The van der Waals surface area contributed by atoms with E-state index in [4.69, 9.17) is 5.11 Å². The number of anilines is 1. The van der Waals surface area contributed by atoms with Crippen molar-refractivity contribution in [3.05, 3.63) is 28.2 Å². The molecule has 1 aliphatic rings. The van der Waals surface area contributed by atoms with Crippen LogP contribution in [0.3, 0.4) is 0 Å². The maximum absolute atomic E-state index is 11.0. The minimum Gasteiger partial charge on any atom is -0.478 e. The van der Waals surface area contributed by atoms with Gasteiger partial charge in [0.1, 0.15) is 0 Å². The number of aromatic carboxylic acids is 1. The van der Waals surface area contributed by atoms with Crippen molar-refractivity contribution in [3.63, 3.8) is 0 Å². The van der Waals surface area contributed by atoms with E-state index >= 15 is 0 Å². The average Bonchev–Trinajstić information content (AvgIpc) is 2.37. The van der Waals surface area contributed by atoms with E-state index < -0.39 is 5.97 Å². The second-order valence-corrected chi connectivity index (χ2v) is 7.45. The van der Waals surface area contributed by atoms with Crippen molar-refractivity contribution >= 4 is 27.6 Å². The molecule has 1 saturated heterocycles. The van der Waals surface area contributed by atoms with Gasteiger partial charge in [-0.15, -0.1) is 0 Å². The highest BCUT2D eigenvalue weighted by Crippen LogP contribution is 2.37. The van der Waals surface area contributed by atoms with E-state index in [1.807, 2.05) is 6.07 Å². The Kier molecular flexibility index (Phi) is 4.43. The van der Waals surface area contributed by atoms with Crippen molar-refractivity contribution in [3.8, 4) is 0 Å². The normalized spacial score (nSPS) is 17.3. The molecule has 1 N–H and O–H groups in total. The first-order chi connectivity index (χ1) is 9.29. The standard InChI is InChI=1S/C16H22BrNO2/c1-16(2,3)12-6-8-18(9-7-12)14-5-4-11(15(19)20)10-13(14)17/h4-5,10,12H,6-9H2,1-3H3,(H,19,20). The van der Waals surface area contributed by atoms with E-state index in [1.54, 1.807) is 12.1 Å². The third kappa shape index (κ3) is 3.35. The van der Waals surface area contributed by atoms with Crippen LogP contribution in [-0.4, -0.2) is 24.2 Å². The molecule has 110 valence electrons. The minimum absolute atomic E-state index is 0.324. The summed E-state index contributed by atoms with van der Waals surface area (Å²) < 4.78 is 0.867. The van der Waals surface area contributed by atoms with E-state index in [9.17, 15) is 4.79 Å². The molecule has 20 heavy (non-hydrogen) atoms. The molecule has 1 aromatic rings. The molecular formula is C16H22BrNO2. The Balaban J connectivity index is 2.09. The Morgan fingerprint density at radius 1 is 1.30 bits per heavy atom. The number of carboxylic acids is 1. The van der Waals surface area contributed by atoms with Crippen molar-refractivity contribution in [1.82, 2.24) is 0 Å². The number of carboxylic acid groups (broad SMARTS) is 1. The molecular weight excluding hydrogens is 318 g/mol. The first-order valence-corrected chi connectivity index (χ1v) is 7.86. The van der Waals surface area contributed by atoms with Crippen LogP contribution in [0.1, 0.15) is 44.0 Å². The van der Waals surface area contributed by atoms with Crippen molar-refractivity contribution in [2.45, 2.75) is 33.6 Å². The lowest BCUT2D eigenvalue weighted by Crippen LogP contribution is -2.38. The van der Waals surface area contributed by atoms with Crippen molar-refractivity contribution < 1.29 is 9.90 Å². The second-order valence-electron chi connectivity index (χ2n) is 6.60. The van der Waals surface area contributed by atoms with Gasteiger partial charge in [0.25, 0.3) is 0 Å². The Morgan fingerprint density at radius 2 is 1.90 bits per heavy atom. The lowest BCUT2D eigenvalue weighted by atomic mass is 9.75. The molecule has 2 rings (SSSR count). The maximum atomic E-state index is 11.0. The van der Waals surface area contributed by atoms with Gasteiger partial charge in [-0.3, -0.25) is 0 Å². The summed E-state index contributed by atoms with van der Waals surface area (Å²) in [6.07, 6.45) is 2.38. The van der Waals surface area contributed by atoms with Crippen LogP contribution >= 0.6 is 15.9 Å². The van der Waals surface area contributed by atoms with Gasteiger partial charge in [0.05, 0.1) is 11.3 Å². The molecule has 0 spiro atoms. The van der Waals surface area contributed by atoms with Crippen LogP contribution in [-0.2, 0) is 0 Å². The third-order valence-corrected chi connectivity index (χ3v) is 4.89. The second kappa shape index (κ2) is 5.76. The molecule has 0 radical (unpaired) electrons. The number of carbonyl (C=O) groups is 1. The summed E-state index contributed by atoms with van der Waals surface area (Å²) >= 11 is 3.50. The molecule has 1 aromatic carbocycles. The summed E-state index contributed by atoms with van der Waals surface area (Å²) in [6, 6.07) is 5.27. The van der Waals surface area contributed by atoms with Gasteiger partial charge in [0.15, 0.2) is 0 Å². The van der Waals surface area contributed by atoms with Gasteiger partial charge < -0.3 is 10.0 Å². The van der Waals surface area contributed by atoms with E-state index in [1.165, 1.54) is 12.8 Å². The van der Waals surface area contributed by atoms with Crippen LogP contribution in [0.15, 0.2) is 22.7 Å². The third-order valence-electron chi connectivity index (χ3n) is 4.26. The Morgan fingerprint density at radius 3 is 2.35 bits per heavy atom. The molecule has 0 saturated carbocycles. The SMILES string of the molecule is CC(C)(C)C1CCN(c2ccc(C(=O)O)cc2Br)CC1. The summed E-state index contributed by atoms with van der Waals surface area (Å²) in [5, 5.41) is 9.00. The van der Waals surface area contributed by atoms with Crippen LogP contribution in [0.25, 0.3) is 0 Å². The highest BCUT2D eigenvalue weighted by atomic mass is 79.9. The summed E-state index contributed by atoms with van der Waals surface area (Å²) in [6.45, 7) is 9.00. The number of hydrogen-bond acceptors (Lipinski definition) is 2. The molecule has 1 fully saturated rings. The van der Waals surface area contributed by atoms with Gasteiger partial charge in [-0.05, 0) is 58.3 Å². The van der Waals surface area contributed by atoms with E-state index in [0.717, 1.165) is 29.2 Å². The zero-order valence-electron chi connectivity index (χ0n) is 12.3. The van der Waals surface area contributed by atoms with Crippen LogP contribution in [0, 0.1) is 11.3 Å². The lowest BCUT2D eigenvalue weighted by Gasteiger charge is -2.40. The quantitative estimate of drug-likeness (QED) is 0.867. The smallest absolute Gasteiger partial charge is 0.335 e. The van der Waals surface area contributed by atoms with Gasteiger partial charge in [0.2, 0.25) is 0 Å². The summed E-state index contributed by atoms with van der Waals surface area (Å²) in [5.74, 6) is -0.125. The zero-order chi connectivity index (χ0) is 14.9. The van der Waals surface area contributed by atoms with Crippen molar-refractivity contribution in [2.75, 3.05) is 18.0 Å². The largest absolute Gasteiger partial charge is 0.478 e. The number of rotatable bonds is 2. The van der Waals surface area contributed by atoms with Gasteiger partial charge >= 0.3 is 5.97 Å². The lowest BCUT2D eigenvalue weighted by molar-refractivity contribution is 0.0697. The molecule has 0 bridgehead atoms. The molecule has 4 heteroatoms. The van der Waals surface area contributed by atoms with E-state index in [0.29, 0.717) is 11.0 Å². The van der Waals surface area contributed by atoms with Crippen molar-refractivity contribution in [1.29, 1.82) is 0 Å². The first-order valence-electron chi connectivity index (χ1n) is 7.07. The fraction of sp³-hybridized carbons (Fsp3) is 0.562. The highest BCUT2D eigenvalue weighted by Gasteiger charge is 2.29. The van der Waals surface area contributed by atoms with Crippen LogP contribution in [0.2, 0.25) is 0 Å². The molecule has 1 aliphatic heterocycles. The number of halogens is 1. The van der Waals surface area contributed by atoms with Gasteiger partial charge in [-0.25, -0.2) is 4.79 Å². The fourth-order valence-electron chi connectivity index (χ4n) is 2.88. The number of nitrogens with zero attached hydrogens (tertiary/aromatic N) is 1. The monoisotopic (exact) mass is 339 g/mol. The van der Waals surface area contributed by atoms with Crippen molar-refractivity contribution in [2.24, 2.45) is 11.3 Å². The molecule has 0 aromatic heterocycles. The topological polar surface area (TPSA) is 40.5 Å². The molecule has 1 heterocycles. The van der Waals surface area contributed by atoms with Gasteiger partial charge in [-0.1, -0.05) is 20.8 Å². The molecule has 0 unspecified atom stereocenters. The number of hydrogen-bond donors (Lipinski definition) is 1. The molecule has 3 nitrogen and oxygen atoms in total. The van der Waals surface area contributed by atoms with E-state index in [2.05, 4.69) is 41.6 Å². The average molecular weight is 340 g/mol. The predicted molar refractivity (Wildman–Crippen MR) is 85.5 cm³/mol. The molecule has 0 amide bonds. The van der Waals surface area contributed by atoms with Gasteiger partial charge in [0, 0.05) is 17.6 Å². The fourth-order valence-corrected chi connectivity index (χ4v) is 3.51. The summed E-state index contributed by atoms with van der Waals surface area (Å²) in [5.41, 5.74) is 1.80. The summed E-state index contributed by atoms with van der Waals surface area (Å²) in [7, 11) is 0. The Labute approximate surface area is 129 Å². The van der Waals surface area contributed by atoms with Crippen LogP contribution in [0.4, 0.5) is 5.69 Å². The highest BCUT2D eigenvalue weighted by molar-refractivity contribution is 9.10. The maximum Gasteiger partial charge on any atom is 0.335 e. The van der Waals surface area contributed by atoms with E-state index in [-0.39, 0.29) is 0 Å². The predicted octanol–water partition coefficient (Wildman–Crippen LogP) is 4.41.